The number of carbonyl (C=O) groups is 1. The van der Waals surface area contributed by atoms with Crippen LogP contribution in [-0.4, -0.2) is 13.1 Å². The van der Waals surface area contributed by atoms with E-state index >= 15 is 0 Å². The van der Waals surface area contributed by atoms with E-state index in [1.807, 2.05) is 11.4 Å². The van der Waals surface area contributed by atoms with Crippen LogP contribution < -0.4 is 0 Å². The molecular formula is C7H8BrClO2S. The van der Waals surface area contributed by atoms with Gasteiger partial charge in [0.15, 0.2) is 0 Å². The lowest BCUT2D eigenvalue weighted by molar-refractivity contribution is -0.139. The summed E-state index contributed by atoms with van der Waals surface area (Å²) in [7, 11) is 1.39. The van der Waals surface area contributed by atoms with E-state index in [1.54, 1.807) is 11.3 Å². The predicted octanol–water partition coefficient (Wildman–Crippen LogP) is 2.65. The third-order valence-corrected chi connectivity index (χ3v) is 2.87. The smallest absolute Gasteiger partial charge is 0.310 e. The summed E-state index contributed by atoms with van der Waals surface area (Å²) in [5, 5.41) is 1.94. The standard InChI is InChI=1S/C7H7BrO2S.ClH/c1-10-7(9)3-6-2-5(8)4-11-6;/h2,4H,3H2,1H3;1H. The van der Waals surface area contributed by atoms with Crippen molar-refractivity contribution in [3.63, 3.8) is 0 Å². The highest BCUT2D eigenvalue weighted by Gasteiger charge is 2.04. The van der Waals surface area contributed by atoms with Crippen LogP contribution in [0.4, 0.5) is 0 Å². The summed E-state index contributed by atoms with van der Waals surface area (Å²) in [4.78, 5) is 11.8. The van der Waals surface area contributed by atoms with Crippen molar-refractivity contribution in [2.45, 2.75) is 6.42 Å². The normalized spacial score (nSPS) is 8.83. The van der Waals surface area contributed by atoms with Gasteiger partial charge >= 0.3 is 5.97 Å². The molecule has 68 valence electrons. The molecule has 2 nitrogen and oxygen atoms in total. The van der Waals surface area contributed by atoms with Gasteiger partial charge in [0.1, 0.15) is 0 Å². The highest BCUT2D eigenvalue weighted by atomic mass is 79.9. The fourth-order valence-electron chi connectivity index (χ4n) is 0.661. The summed E-state index contributed by atoms with van der Waals surface area (Å²) in [6.45, 7) is 0. The molecule has 0 unspecified atom stereocenters. The van der Waals surface area contributed by atoms with Crippen molar-refractivity contribution in [1.82, 2.24) is 0 Å². The van der Waals surface area contributed by atoms with Crippen LogP contribution in [0.15, 0.2) is 15.9 Å². The minimum atomic E-state index is -0.195. The molecule has 1 aromatic rings. The molecule has 0 fully saturated rings. The van der Waals surface area contributed by atoms with Gasteiger partial charge in [-0.25, -0.2) is 0 Å². The summed E-state index contributed by atoms with van der Waals surface area (Å²) in [5.74, 6) is -0.195. The molecule has 12 heavy (non-hydrogen) atoms. The van der Waals surface area contributed by atoms with Crippen molar-refractivity contribution in [2.75, 3.05) is 7.11 Å². The summed E-state index contributed by atoms with van der Waals surface area (Å²) < 4.78 is 5.53. The fourth-order valence-corrected chi connectivity index (χ4v) is 2.10. The molecule has 1 rings (SSSR count). The Labute approximate surface area is 89.5 Å². The average molecular weight is 272 g/mol. The molecule has 0 amide bonds. The molecule has 0 aromatic carbocycles. The Bertz CT molecular complexity index is 262. The Morgan fingerprint density at radius 1 is 1.75 bits per heavy atom. The van der Waals surface area contributed by atoms with Gasteiger partial charge < -0.3 is 4.74 Å². The number of halogens is 2. The number of esters is 1. The number of rotatable bonds is 2. The van der Waals surface area contributed by atoms with Gasteiger partial charge in [-0.15, -0.1) is 23.7 Å². The molecule has 0 atom stereocenters. The lowest BCUT2D eigenvalue weighted by atomic mass is 10.3. The highest BCUT2D eigenvalue weighted by Crippen LogP contribution is 2.20. The van der Waals surface area contributed by atoms with Gasteiger partial charge in [0.25, 0.3) is 0 Å². The van der Waals surface area contributed by atoms with Crippen LogP contribution >= 0.6 is 39.7 Å². The maximum Gasteiger partial charge on any atom is 0.310 e. The first-order chi connectivity index (χ1) is 5.22. The maximum absolute atomic E-state index is 10.8. The van der Waals surface area contributed by atoms with Crippen LogP contribution in [0.5, 0.6) is 0 Å². The van der Waals surface area contributed by atoms with E-state index in [0.717, 1.165) is 9.35 Å². The van der Waals surface area contributed by atoms with E-state index in [0.29, 0.717) is 6.42 Å². The zero-order chi connectivity index (χ0) is 8.27. The van der Waals surface area contributed by atoms with Crippen LogP contribution in [0.2, 0.25) is 0 Å². The van der Waals surface area contributed by atoms with Crippen molar-refractivity contribution in [3.05, 3.63) is 20.8 Å². The van der Waals surface area contributed by atoms with Crippen LogP contribution in [0.3, 0.4) is 0 Å². The second-order valence-corrected chi connectivity index (χ2v) is 3.90. The molecule has 0 N–H and O–H groups in total. The van der Waals surface area contributed by atoms with Crippen molar-refractivity contribution in [3.8, 4) is 0 Å². The van der Waals surface area contributed by atoms with Crippen molar-refractivity contribution < 1.29 is 9.53 Å². The first kappa shape index (κ1) is 11.9. The van der Waals surface area contributed by atoms with E-state index in [9.17, 15) is 4.79 Å². The fraction of sp³-hybridized carbons (Fsp3) is 0.286. The average Bonchev–Trinajstić information content (AvgIpc) is 2.35. The van der Waals surface area contributed by atoms with E-state index in [4.69, 9.17) is 0 Å². The number of ether oxygens (including phenoxy) is 1. The molecule has 5 heteroatoms. The van der Waals surface area contributed by atoms with Gasteiger partial charge in [-0.3, -0.25) is 4.79 Å². The van der Waals surface area contributed by atoms with E-state index in [-0.39, 0.29) is 18.4 Å². The first-order valence-corrected chi connectivity index (χ1v) is 4.69. The lowest BCUT2D eigenvalue weighted by Crippen LogP contribution is -2.02. The van der Waals surface area contributed by atoms with Crippen molar-refractivity contribution in [1.29, 1.82) is 0 Å². The zero-order valence-corrected chi connectivity index (χ0v) is 9.59. The first-order valence-electron chi connectivity index (χ1n) is 3.02. The third-order valence-electron chi connectivity index (χ3n) is 1.17. The monoisotopic (exact) mass is 270 g/mol. The van der Waals surface area contributed by atoms with E-state index < -0.39 is 0 Å². The van der Waals surface area contributed by atoms with Crippen LogP contribution in [-0.2, 0) is 16.0 Å². The van der Waals surface area contributed by atoms with Gasteiger partial charge in [-0.05, 0) is 22.0 Å². The molecule has 1 aromatic heterocycles. The SMILES string of the molecule is COC(=O)Cc1cc(Br)cs1.Cl. The van der Waals surface area contributed by atoms with Gasteiger partial charge in [0.2, 0.25) is 0 Å². The Balaban J connectivity index is 0.00000121. The van der Waals surface area contributed by atoms with Gasteiger partial charge in [-0.1, -0.05) is 0 Å². The van der Waals surface area contributed by atoms with Crippen molar-refractivity contribution in [2.24, 2.45) is 0 Å². The molecule has 0 bridgehead atoms. The van der Waals surface area contributed by atoms with Gasteiger partial charge in [-0.2, -0.15) is 0 Å². The number of hydrogen-bond acceptors (Lipinski definition) is 3. The Hall–Kier alpha value is -0.0600. The molecule has 0 aliphatic carbocycles. The Morgan fingerprint density at radius 3 is 2.83 bits per heavy atom. The third kappa shape index (κ3) is 3.56. The predicted molar refractivity (Wildman–Crippen MR) is 55.0 cm³/mol. The summed E-state index contributed by atoms with van der Waals surface area (Å²) in [6.07, 6.45) is 0.368. The van der Waals surface area contributed by atoms with Crippen LogP contribution in [0.1, 0.15) is 4.88 Å². The van der Waals surface area contributed by atoms with Crippen molar-refractivity contribution >= 4 is 45.6 Å². The molecule has 1 heterocycles. The molecule has 0 aliphatic heterocycles. The molecular weight excluding hydrogens is 263 g/mol. The highest BCUT2D eigenvalue weighted by molar-refractivity contribution is 9.10. The quantitative estimate of drug-likeness (QED) is 0.773. The summed E-state index contributed by atoms with van der Waals surface area (Å²) >= 11 is 4.85. The lowest BCUT2D eigenvalue weighted by Gasteiger charge is -1.93. The minimum Gasteiger partial charge on any atom is -0.469 e. The van der Waals surface area contributed by atoms with Gasteiger partial charge in [0.05, 0.1) is 13.5 Å². The van der Waals surface area contributed by atoms with Gasteiger partial charge in [0, 0.05) is 14.7 Å². The minimum absolute atomic E-state index is 0. The Morgan fingerprint density at radius 2 is 2.42 bits per heavy atom. The topological polar surface area (TPSA) is 26.3 Å². The van der Waals surface area contributed by atoms with Crippen LogP contribution in [0, 0.1) is 0 Å². The number of thiophene rings is 1. The zero-order valence-electron chi connectivity index (χ0n) is 6.37. The summed E-state index contributed by atoms with van der Waals surface area (Å²) in [5.41, 5.74) is 0. The molecule has 0 aliphatic rings. The van der Waals surface area contributed by atoms with E-state index in [2.05, 4.69) is 20.7 Å². The number of hydrogen-bond donors (Lipinski definition) is 0. The Kier molecular flexibility index (Phi) is 5.53. The summed E-state index contributed by atoms with van der Waals surface area (Å²) in [6, 6.07) is 1.92. The number of carbonyl (C=O) groups excluding carboxylic acids is 1. The van der Waals surface area contributed by atoms with E-state index in [1.165, 1.54) is 7.11 Å². The van der Waals surface area contributed by atoms with Crippen LogP contribution in [0.25, 0.3) is 0 Å². The molecule has 0 saturated heterocycles. The molecule has 0 radical (unpaired) electrons. The number of methoxy groups -OCH3 is 1. The second kappa shape index (κ2) is 5.56. The second-order valence-electron chi connectivity index (χ2n) is 1.98. The largest absolute Gasteiger partial charge is 0.469 e. The molecule has 0 saturated carbocycles. The maximum atomic E-state index is 10.8. The molecule has 0 spiro atoms.